The Morgan fingerprint density at radius 1 is 0.474 bits per heavy atom. The molecule has 0 aromatic heterocycles. The molecule has 2 aromatic carbocycles. The highest BCUT2D eigenvalue weighted by Crippen LogP contribution is 2.35. The van der Waals surface area contributed by atoms with Crippen LogP contribution < -0.4 is 30.7 Å². The van der Waals surface area contributed by atoms with Gasteiger partial charge in [-0.25, -0.2) is 9.59 Å². The van der Waals surface area contributed by atoms with E-state index in [0.717, 1.165) is 0 Å². The van der Waals surface area contributed by atoms with Crippen molar-refractivity contribution in [2.45, 2.75) is 61.2 Å². The van der Waals surface area contributed by atoms with Gasteiger partial charge in [0.05, 0.1) is 26.4 Å². The maximum absolute atomic E-state index is 13.3. The van der Waals surface area contributed by atoms with Crippen molar-refractivity contribution in [1.29, 1.82) is 0 Å². The van der Waals surface area contributed by atoms with Crippen molar-refractivity contribution in [1.82, 2.24) is 21.3 Å². The van der Waals surface area contributed by atoms with Gasteiger partial charge in [0.1, 0.15) is 22.6 Å². The zero-order valence-corrected chi connectivity index (χ0v) is 33.2. The predicted molar refractivity (Wildman–Crippen MR) is 218 cm³/mol. The van der Waals surface area contributed by atoms with Crippen LogP contribution in [0.15, 0.2) is 96.8 Å². The van der Waals surface area contributed by atoms with E-state index in [-0.39, 0.29) is 48.0 Å². The van der Waals surface area contributed by atoms with Gasteiger partial charge in [-0.2, -0.15) is 0 Å². The summed E-state index contributed by atoms with van der Waals surface area (Å²) in [7, 11) is 0. The highest BCUT2D eigenvalue weighted by molar-refractivity contribution is 7.99. The Kier molecular flexibility index (Phi) is 23.7. The molecule has 0 heterocycles. The number of rotatable bonds is 30. The number of hydrogen-bond acceptors (Lipinski definition) is 11. The number of carbonyl (C=O) groups is 6. The van der Waals surface area contributed by atoms with Gasteiger partial charge in [-0.1, -0.05) is 38.1 Å². The molecule has 0 aliphatic rings. The van der Waals surface area contributed by atoms with Crippen LogP contribution >= 0.6 is 11.8 Å². The van der Waals surface area contributed by atoms with Crippen LogP contribution in [0, 0.1) is 0 Å². The lowest BCUT2D eigenvalue weighted by atomic mass is 10.2. The maximum atomic E-state index is 13.3. The fourth-order valence-electron chi connectivity index (χ4n) is 4.74. The van der Waals surface area contributed by atoms with Crippen LogP contribution in [-0.4, -0.2) is 88.2 Å². The zero-order chi connectivity index (χ0) is 41.7. The molecule has 4 N–H and O–H groups in total. The molecule has 0 saturated heterocycles. The number of amides is 4. The minimum atomic E-state index is -0.582. The molecule has 2 aromatic rings. The van der Waals surface area contributed by atoms with E-state index in [1.165, 1.54) is 36.1 Å². The standard InChI is InChI=1S/C42H54N4O10S/c1-5-37(47)43-21-9-13-25-53-35-19-17-31(29-33(35)41(51)55-27-15-11-23-45-39(49)7-3)57-32-18-20-36(54-26-14-10-22-44-38(48)6-2)34(30-32)42(52)56-28-16-12-24-46-40(50)8-4/h5-8,17-20,29-30H,1-4,9-16,21-28H2,(H,43,47)(H,44,48)(H,45,49)(H,46,50). The normalized spacial score (nSPS) is 10.2. The average Bonchev–Trinajstić information content (AvgIpc) is 3.22. The van der Waals surface area contributed by atoms with Crippen LogP contribution in [0.5, 0.6) is 11.5 Å². The van der Waals surface area contributed by atoms with Gasteiger partial charge in [0.2, 0.25) is 23.6 Å². The second-order valence-corrected chi connectivity index (χ2v) is 13.3. The van der Waals surface area contributed by atoms with Crippen molar-refractivity contribution >= 4 is 47.3 Å². The van der Waals surface area contributed by atoms with E-state index in [1.54, 1.807) is 36.4 Å². The molecule has 4 amide bonds. The van der Waals surface area contributed by atoms with Crippen LogP contribution in [0.3, 0.4) is 0 Å². The maximum Gasteiger partial charge on any atom is 0.341 e. The van der Waals surface area contributed by atoms with Gasteiger partial charge >= 0.3 is 11.9 Å². The summed E-state index contributed by atoms with van der Waals surface area (Å²) in [6, 6.07) is 10.3. The topological polar surface area (TPSA) is 187 Å². The van der Waals surface area contributed by atoms with Gasteiger partial charge in [-0.05, 0) is 112 Å². The van der Waals surface area contributed by atoms with E-state index >= 15 is 0 Å². The summed E-state index contributed by atoms with van der Waals surface area (Å²) in [5, 5.41) is 10.8. The lowest BCUT2D eigenvalue weighted by molar-refractivity contribution is -0.117. The lowest BCUT2D eigenvalue weighted by Crippen LogP contribution is -2.22. The number of hydrogen-bond donors (Lipinski definition) is 4. The average molecular weight is 807 g/mol. The van der Waals surface area contributed by atoms with E-state index in [9.17, 15) is 28.8 Å². The van der Waals surface area contributed by atoms with Crippen molar-refractivity contribution in [2.75, 3.05) is 52.6 Å². The first-order valence-electron chi connectivity index (χ1n) is 18.8. The highest BCUT2D eigenvalue weighted by Gasteiger charge is 2.19. The minimum absolute atomic E-state index is 0.127. The van der Waals surface area contributed by atoms with Crippen LogP contribution in [-0.2, 0) is 28.7 Å². The Hall–Kier alpha value is -5.83. The molecule has 0 bridgehead atoms. The van der Waals surface area contributed by atoms with E-state index in [1.807, 2.05) is 0 Å². The number of esters is 2. The molecule has 0 radical (unpaired) electrons. The summed E-state index contributed by atoms with van der Waals surface area (Å²) >= 11 is 1.31. The van der Waals surface area contributed by atoms with Gasteiger partial charge in [-0.15, -0.1) is 0 Å². The molecule has 0 atom stereocenters. The number of ether oxygens (including phenoxy) is 4. The van der Waals surface area contributed by atoms with Crippen molar-refractivity contribution in [3.63, 3.8) is 0 Å². The molecule has 308 valence electrons. The Morgan fingerprint density at radius 2 is 0.789 bits per heavy atom. The molecule has 0 aliphatic heterocycles. The summed E-state index contributed by atoms with van der Waals surface area (Å²) in [6.45, 7) is 16.3. The molecular formula is C42H54N4O10S. The molecule has 0 fully saturated rings. The smallest absolute Gasteiger partial charge is 0.341 e. The van der Waals surface area contributed by atoms with Gasteiger partial charge < -0.3 is 40.2 Å². The largest absolute Gasteiger partial charge is 0.493 e. The second kappa shape index (κ2) is 28.6. The van der Waals surface area contributed by atoms with Crippen LogP contribution in [0.2, 0.25) is 0 Å². The predicted octanol–water partition coefficient (Wildman–Crippen LogP) is 5.24. The summed E-state index contributed by atoms with van der Waals surface area (Å²) in [5.74, 6) is -1.56. The van der Waals surface area contributed by atoms with Crippen molar-refractivity contribution in [2.24, 2.45) is 0 Å². The molecule has 2 rings (SSSR count). The molecule has 0 aliphatic carbocycles. The third kappa shape index (κ3) is 20.1. The quantitative estimate of drug-likeness (QED) is 0.0460. The molecular weight excluding hydrogens is 753 g/mol. The number of benzene rings is 2. The fraction of sp³-hybridized carbons (Fsp3) is 0.381. The lowest BCUT2D eigenvalue weighted by Gasteiger charge is -2.15. The Balaban J connectivity index is 2.20. The van der Waals surface area contributed by atoms with E-state index in [0.29, 0.717) is 112 Å². The van der Waals surface area contributed by atoms with Gasteiger partial charge in [0.15, 0.2) is 0 Å². The van der Waals surface area contributed by atoms with Crippen LogP contribution in [0.1, 0.15) is 72.1 Å². The first-order valence-corrected chi connectivity index (χ1v) is 19.6. The van der Waals surface area contributed by atoms with E-state index in [2.05, 4.69) is 47.6 Å². The Bertz CT molecular complexity index is 1580. The number of unbranched alkanes of at least 4 members (excludes halogenated alkanes) is 4. The minimum Gasteiger partial charge on any atom is -0.493 e. The van der Waals surface area contributed by atoms with E-state index < -0.39 is 11.9 Å². The van der Waals surface area contributed by atoms with Crippen molar-refractivity contribution in [3.8, 4) is 11.5 Å². The SMILES string of the molecule is C=CC(=O)NCCCCOC(=O)c1cc(Sc2ccc(OCCCCNC(=O)C=C)c(C(=O)OCCCCNC(=O)C=C)c2)ccc1OCCCCNC(=O)C=C. The monoisotopic (exact) mass is 806 g/mol. The van der Waals surface area contributed by atoms with Crippen molar-refractivity contribution < 1.29 is 47.7 Å². The number of nitrogens with one attached hydrogen (secondary N) is 4. The summed E-state index contributed by atoms with van der Waals surface area (Å²) < 4.78 is 23.1. The molecule has 0 spiro atoms. The first-order chi connectivity index (χ1) is 27.6. The molecule has 14 nitrogen and oxygen atoms in total. The fourth-order valence-corrected chi connectivity index (χ4v) is 5.64. The summed E-state index contributed by atoms with van der Waals surface area (Å²) in [4.78, 5) is 73.6. The first kappa shape index (κ1) is 47.3. The molecule has 0 saturated carbocycles. The van der Waals surface area contributed by atoms with Crippen molar-refractivity contribution in [3.05, 3.63) is 98.1 Å². The van der Waals surface area contributed by atoms with Crippen LogP contribution in [0.25, 0.3) is 0 Å². The third-order valence-electron chi connectivity index (χ3n) is 7.78. The Morgan fingerprint density at radius 3 is 1.11 bits per heavy atom. The molecule has 57 heavy (non-hydrogen) atoms. The van der Waals surface area contributed by atoms with E-state index in [4.69, 9.17) is 18.9 Å². The Labute approximate surface area is 338 Å². The zero-order valence-electron chi connectivity index (χ0n) is 32.4. The number of carbonyl (C=O) groups excluding carboxylic acids is 6. The third-order valence-corrected chi connectivity index (χ3v) is 8.76. The van der Waals surface area contributed by atoms with Crippen LogP contribution in [0.4, 0.5) is 0 Å². The highest BCUT2D eigenvalue weighted by atomic mass is 32.2. The molecule has 0 unspecified atom stereocenters. The van der Waals surface area contributed by atoms with Gasteiger partial charge in [0, 0.05) is 36.0 Å². The molecule has 15 heteroatoms. The van der Waals surface area contributed by atoms with Gasteiger partial charge in [-0.3, -0.25) is 19.2 Å². The summed E-state index contributed by atoms with van der Waals surface area (Å²) in [6.07, 6.45) is 9.57. The summed E-state index contributed by atoms with van der Waals surface area (Å²) in [5.41, 5.74) is 0.432. The second-order valence-electron chi connectivity index (χ2n) is 12.2. The van der Waals surface area contributed by atoms with Gasteiger partial charge in [0.25, 0.3) is 0 Å².